The minimum absolute atomic E-state index is 0. The topological polar surface area (TPSA) is 78.8 Å². The number of anilines is 1. The maximum Gasteiger partial charge on any atom is 0.225 e. The van der Waals surface area contributed by atoms with E-state index in [1.165, 1.54) is 12.1 Å². The number of ether oxygens (including phenoxy) is 1. The maximum atomic E-state index is 13.1. The molecule has 1 aliphatic heterocycles. The van der Waals surface area contributed by atoms with Crippen LogP contribution in [0.3, 0.4) is 0 Å². The van der Waals surface area contributed by atoms with Crippen molar-refractivity contribution in [2.75, 3.05) is 37.6 Å². The summed E-state index contributed by atoms with van der Waals surface area (Å²) in [4.78, 5) is 22.2. The average molecular weight is 563 g/mol. The number of hydrogen-bond acceptors (Lipinski definition) is 6. The van der Waals surface area contributed by atoms with Crippen LogP contribution in [0.2, 0.25) is 0 Å². The normalized spacial score (nSPS) is 13.9. The molecular formula is C23H27FIN7O. The molecule has 0 radical (unpaired) electrons. The Balaban J connectivity index is 0.00000306. The molecule has 1 N–H and O–H groups in total. The van der Waals surface area contributed by atoms with Crippen molar-refractivity contribution in [3.8, 4) is 11.6 Å². The molecular weight excluding hydrogens is 536 g/mol. The first-order valence-electron chi connectivity index (χ1n) is 10.6. The highest BCUT2D eigenvalue weighted by Gasteiger charge is 2.21. The van der Waals surface area contributed by atoms with E-state index >= 15 is 0 Å². The van der Waals surface area contributed by atoms with Gasteiger partial charge in [-0.25, -0.2) is 24.3 Å². The molecule has 0 saturated carbocycles. The molecule has 33 heavy (non-hydrogen) atoms. The van der Waals surface area contributed by atoms with Crippen molar-refractivity contribution in [1.82, 2.24) is 25.2 Å². The molecule has 4 rings (SSSR count). The summed E-state index contributed by atoms with van der Waals surface area (Å²) in [6, 6.07) is 11.4. The highest BCUT2D eigenvalue weighted by Crippen LogP contribution is 2.20. The highest BCUT2D eigenvalue weighted by atomic mass is 127. The summed E-state index contributed by atoms with van der Waals surface area (Å²) in [5, 5.41) is 3.38. The minimum Gasteiger partial charge on any atom is -0.439 e. The molecule has 3 aromatic rings. The zero-order valence-corrected chi connectivity index (χ0v) is 20.7. The van der Waals surface area contributed by atoms with Crippen LogP contribution in [0.25, 0.3) is 0 Å². The van der Waals surface area contributed by atoms with E-state index in [1.54, 1.807) is 30.7 Å². The van der Waals surface area contributed by atoms with Gasteiger partial charge in [-0.1, -0.05) is 0 Å². The zero-order valence-electron chi connectivity index (χ0n) is 18.4. The van der Waals surface area contributed by atoms with Gasteiger partial charge in [0.15, 0.2) is 5.96 Å². The van der Waals surface area contributed by atoms with Crippen molar-refractivity contribution in [3.63, 3.8) is 0 Å². The number of nitrogens with zero attached hydrogens (tertiary/aromatic N) is 6. The number of benzene rings is 1. The Morgan fingerprint density at radius 3 is 2.45 bits per heavy atom. The summed E-state index contributed by atoms with van der Waals surface area (Å²) >= 11 is 0. The van der Waals surface area contributed by atoms with Gasteiger partial charge in [-0.05, 0) is 48.9 Å². The monoisotopic (exact) mass is 563 g/mol. The molecule has 0 bridgehead atoms. The second kappa shape index (κ2) is 12.3. The van der Waals surface area contributed by atoms with Crippen LogP contribution in [-0.2, 0) is 6.54 Å². The smallest absolute Gasteiger partial charge is 0.225 e. The molecule has 0 aliphatic carbocycles. The number of halogens is 2. The van der Waals surface area contributed by atoms with Gasteiger partial charge in [0, 0.05) is 57.4 Å². The number of hydrogen-bond donors (Lipinski definition) is 1. The van der Waals surface area contributed by atoms with Crippen molar-refractivity contribution in [2.45, 2.75) is 13.5 Å². The van der Waals surface area contributed by atoms with Crippen LogP contribution in [0.5, 0.6) is 11.6 Å². The van der Waals surface area contributed by atoms with Crippen molar-refractivity contribution in [1.29, 1.82) is 0 Å². The lowest BCUT2D eigenvalue weighted by Crippen LogP contribution is -2.52. The third-order valence-electron chi connectivity index (χ3n) is 5.00. The van der Waals surface area contributed by atoms with E-state index in [-0.39, 0.29) is 29.8 Å². The van der Waals surface area contributed by atoms with Crippen molar-refractivity contribution >= 4 is 35.9 Å². The lowest BCUT2D eigenvalue weighted by Gasteiger charge is -2.36. The van der Waals surface area contributed by atoms with Crippen molar-refractivity contribution in [2.24, 2.45) is 4.99 Å². The maximum absolute atomic E-state index is 13.1. The molecule has 0 unspecified atom stereocenters. The SMILES string of the molecule is CCNC(=NCc1ccnc(Oc2ccc(F)cc2)c1)N1CCN(c2ncccn2)CC1.I. The molecule has 0 spiro atoms. The summed E-state index contributed by atoms with van der Waals surface area (Å²) in [6.45, 7) is 6.67. The van der Waals surface area contributed by atoms with E-state index in [0.717, 1.165) is 50.2 Å². The van der Waals surface area contributed by atoms with Gasteiger partial charge in [-0.15, -0.1) is 24.0 Å². The average Bonchev–Trinajstić information content (AvgIpc) is 2.84. The Bertz CT molecular complexity index is 1030. The zero-order chi connectivity index (χ0) is 22.2. The lowest BCUT2D eigenvalue weighted by atomic mass is 10.2. The van der Waals surface area contributed by atoms with Crippen LogP contribution in [0.1, 0.15) is 12.5 Å². The van der Waals surface area contributed by atoms with Crippen LogP contribution in [0, 0.1) is 5.82 Å². The Morgan fingerprint density at radius 2 is 1.76 bits per heavy atom. The number of nitrogens with one attached hydrogen (secondary N) is 1. The van der Waals surface area contributed by atoms with Gasteiger partial charge >= 0.3 is 0 Å². The number of guanidine groups is 1. The molecule has 1 saturated heterocycles. The second-order valence-corrected chi connectivity index (χ2v) is 7.25. The Kier molecular flexibility index (Phi) is 9.16. The van der Waals surface area contributed by atoms with Gasteiger partial charge in [0.05, 0.1) is 6.54 Å². The fourth-order valence-corrected chi connectivity index (χ4v) is 3.39. The van der Waals surface area contributed by atoms with Gasteiger partial charge in [-0.2, -0.15) is 0 Å². The molecule has 8 nitrogen and oxygen atoms in total. The van der Waals surface area contributed by atoms with E-state index in [1.807, 2.05) is 18.2 Å². The molecule has 1 aliphatic rings. The van der Waals surface area contributed by atoms with Gasteiger partial charge in [0.1, 0.15) is 11.6 Å². The molecule has 174 valence electrons. The number of rotatable bonds is 6. The largest absolute Gasteiger partial charge is 0.439 e. The third kappa shape index (κ3) is 6.98. The quantitative estimate of drug-likeness (QED) is 0.279. The van der Waals surface area contributed by atoms with E-state index in [9.17, 15) is 4.39 Å². The molecule has 1 fully saturated rings. The fraction of sp³-hybridized carbons (Fsp3) is 0.304. The number of aromatic nitrogens is 3. The third-order valence-corrected chi connectivity index (χ3v) is 5.00. The van der Waals surface area contributed by atoms with Crippen molar-refractivity contribution < 1.29 is 9.13 Å². The summed E-state index contributed by atoms with van der Waals surface area (Å²) in [5.41, 5.74) is 0.976. The fourth-order valence-electron chi connectivity index (χ4n) is 3.39. The van der Waals surface area contributed by atoms with Crippen LogP contribution in [0.15, 0.2) is 66.0 Å². The summed E-state index contributed by atoms with van der Waals surface area (Å²) in [7, 11) is 0. The molecule has 2 aromatic heterocycles. The highest BCUT2D eigenvalue weighted by molar-refractivity contribution is 14.0. The molecule has 0 atom stereocenters. The van der Waals surface area contributed by atoms with Crippen LogP contribution < -0.4 is 15.0 Å². The van der Waals surface area contributed by atoms with E-state index in [0.29, 0.717) is 18.2 Å². The first-order valence-corrected chi connectivity index (χ1v) is 10.6. The Hall–Kier alpha value is -3.02. The first-order chi connectivity index (χ1) is 15.7. The molecule has 0 amide bonds. The summed E-state index contributed by atoms with van der Waals surface area (Å²) in [5.74, 6) is 2.32. The number of aliphatic imine (C=N–C) groups is 1. The Morgan fingerprint density at radius 1 is 1.03 bits per heavy atom. The molecule has 3 heterocycles. The molecule has 1 aromatic carbocycles. The second-order valence-electron chi connectivity index (χ2n) is 7.25. The van der Waals surface area contributed by atoms with Crippen molar-refractivity contribution in [3.05, 3.63) is 72.4 Å². The van der Waals surface area contributed by atoms with Crippen LogP contribution >= 0.6 is 24.0 Å². The summed E-state index contributed by atoms with van der Waals surface area (Å²) < 4.78 is 18.8. The van der Waals surface area contributed by atoms with E-state index in [2.05, 4.69) is 37.0 Å². The number of pyridine rings is 1. The standard InChI is InChI=1S/C23H26FN7O.HI/c1-2-25-22(30-12-14-31(15-13-30)23-27-9-3-10-28-23)29-17-18-8-11-26-21(16-18)32-20-6-4-19(24)5-7-20;/h3-11,16H,2,12-15,17H2,1H3,(H,25,29);1H. The van der Waals surface area contributed by atoms with Gasteiger partial charge < -0.3 is 19.9 Å². The molecule has 10 heteroatoms. The minimum atomic E-state index is -0.304. The van der Waals surface area contributed by atoms with Gasteiger partial charge in [-0.3, -0.25) is 0 Å². The van der Waals surface area contributed by atoms with Crippen LogP contribution in [0.4, 0.5) is 10.3 Å². The lowest BCUT2D eigenvalue weighted by molar-refractivity contribution is 0.370. The number of piperazine rings is 1. The predicted molar refractivity (Wildman–Crippen MR) is 137 cm³/mol. The first kappa shape index (κ1) is 24.6. The van der Waals surface area contributed by atoms with Gasteiger partial charge in [0.25, 0.3) is 0 Å². The predicted octanol–water partition coefficient (Wildman–Crippen LogP) is 3.71. The Labute approximate surface area is 210 Å². The van der Waals surface area contributed by atoms with Gasteiger partial charge in [0.2, 0.25) is 11.8 Å². The van der Waals surface area contributed by atoms with E-state index in [4.69, 9.17) is 9.73 Å². The van der Waals surface area contributed by atoms with Crippen LogP contribution in [-0.4, -0.2) is 58.5 Å². The van der Waals surface area contributed by atoms with E-state index < -0.39 is 0 Å². The summed E-state index contributed by atoms with van der Waals surface area (Å²) in [6.07, 6.45) is 5.22.